The first-order valence-corrected chi connectivity index (χ1v) is 13.7. The van der Waals surface area contributed by atoms with Gasteiger partial charge in [-0.25, -0.2) is 9.37 Å². The Kier molecular flexibility index (Phi) is 5.66. The predicted octanol–water partition coefficient (Wildman–Crippen LogP) is 4.52. The van der Waals surface area contributed by atoms with E-state index >= 15 is 4.39 Å². The second-order valence-electron chi connectivity index (χ2n) is 10.8. The Morgan fingerprint density at radius 2 is 2.00 bits per heavy atom. The lowest BCUT2D eigenvalue weighted by molar-refractivity contribution is -0.120. The quantitative estimate of drug-likeness (QED) is 0.368. The second kappa shape index (κ2) is 9.81. The van der Waals surface area contributed by atoms with Crippen LogP contribution in [0.2, 0.25) is 5.02 Å². The van der Waals surface area contributed by atoms with Crippen LogP contribution in [0.15, 0.2) is 41.3 Å². The van der Waals surface area contributed by atoms with E-state index in [1.165, 1.54) is 22.8 Å². The van der Waals surface area contributed by atoms with Crippen molar-refractivity contribution in [2.75, 3.05) is 29.9 Å². The van der Waals surface area contributed by atoms with Gasteiger partial charge in [-0.1, -0.05) is 31.5 Å². The van der Waals surface area contributed by atoms with E-state index in [0.717, 1.165) is 6.07 Å². The number of hydrogen-bond donors (Lipinski definition) is 2. The van der Waals surface area contributed by atoms with Crippen molar-refractivity contribution in [1.29, 1.82) is 0 Å². The molecule has 11 heteroatoms. The van der Waals surface area contributed by atoms with Crippen molar-refractivity contribution >= 4 is 39.9 Å². The molecule has 0 spiro atoms. The Morgan fingerprint density at radius 3 is 2.71 bits per heavy atom. The number of aryl methyl sites for hydroxylation is 1. The summed E-state index contributed by atoms with van der Waals surface area (Å²) in [6, 6.07) is 5.97. The molecule has 0 aliphatic carbocycles. The molecule has 1 amide bonds. The summed E-state index contributed by atoms with van der Waals surface area (Å²) in [6.07, 6.45) is 1.61. The van der Waals surface area contributed by atoms with E-state index in [1.54, 1.807) is 24.1 Å². The van der Waals surface area contributed by atoms with Gasteiger partial charge in [-0.2, -0.15) is 0 Å². The molecular weight excluding hydrogens is 547 g/mol. The van der Waals surface area contributed by atoms with Crippen LogP contribution in [0.1, 0.15) is 42.1 Å². The molecule has 2 aliphatic rings. The number of carbonyl (C=O) groups is 1. The molecule has 0 saturated carbocycles. The molecule has 1 aromatic carbocycles. The van der Waals surface area contributed by atoms with Crippen LogP contribution in [0.3, 0.4) is 0 Å². The average molecular weight is 580 g/mol. The third-order valence-corrected chi connectivity index (χ3v) is 8.02. The zero-order valence-corrected chi connectivity index (χ0v) is 23.6. The monoisotopic (exact) mass is 579 g/mol. The molecule has 0 bridgehead atoms. The minimum absolute atomic E-state index is 0.0404. The molecule has 41 heavy (non-hydrogen) atoms. The van der Waals surface area contributed by atoms with Gasteiger partial charge in [0, 0.05) is 41.8 Å². The standard InChI is InChI=1S/C30H30ClFN6O3/c1-14(2)23-25(15(3)9-10-33-23)38-28-17(11-18(31)24(35-28)22-19(32)7-6-8-21(22)39)26-27(30(38)41)36(5)29(40)20-12-34-16(4)13-37(20)26/h6-11,14,16,20,34,39H,12-13H2,1-5H3/t16-,20-/m1/s1/i5D3. The summed E-state index contributed by atoms with van der Waals surface area (Å²) in [5.74, 6) is -2.09. The lowest BCUT2D eigenvalue weighted by Crippen LogP contribution is -2.64. The highest BCUT2D eigenvalue weighted by atomic mass is 35.5. The fourth-order valence-electron chi connectivity index (χ4n) is 5.80. The smallest absolute Gasteiger partial charge is 0.283 e. The van der Waals surface area contributed by atoms with Crippen LogP contribution in [-0.2, 0) is 4.79 Å². The van der Waals surface area contributed by atoms with E-state index < -0.39 is 36.1 Å². The maximum atomic E-state index is 15.2. The predicted molar refractivity (Wildman–Crippen MR) is 158 cm³/mol. The van der Waals surface area contributed by atoms with Crippen LogP contribution in [-0.4, -0.2) is 57.7 Å². The highest BCUT2D eigenvalue weighted by Crippen LogP contribution is 2.44. The Balaban J connectivity index is 1.85. The molecule has 6 rings (SSSR count). The van der Waals surface area contributed by atoms with E-state index in [0.29, 0.717) is 21.8 Å². The van der Waals surface area contributed by atoms with Gasteiger partial charge in [0.25, 0.3) is 11.5 Å². The highest BCUT2D eigenvalue weighted by molar-refractivity contribution is 6.34. The number of pyridine rings is 3. The minimum atomic E-state index is -2.99. The van der Waals surface area contributed by atoms with Gasteiger partial charge in [-0.3, -0.25) is 19.1 Å². The van der Waals surface area contributed by atoms with E-state index in [9.17, 15) is 14.7 Å². The molecule has 4 aromatic rings. The highest BCUT2D eigenvalue weighted by Gasteiger charge is 2.43. The first kappa shape index (κ1) is 23.7. The van der Waals surface area contributed by atoms with Crippen LogP contribution in [0.5, 0.6) is 5.75 Å². The zero-order valence-electron chi connectivity index (χ0n) is 25.9. The number of phenols is 1. The average Bonchev–Trinajstić information content (AvgIpc) is 2.93. The van der Waals surface area contributed by atoms with Crippen molar-refractivity contribution in [3.8, 4) is 22.7 Å². The van der Waals surface area contributed by atoms with Gasteiger partial charge in [0.2, 0.25) is 0 Å². The van der Waals surface area contributed by atoms with Gasteiger partial charge in [0.05, 0.1) is 33.3 Å². The number of benzene rings is 1. The van der Waals surface area contributed by atoms with Crippen molar-refractivity contribution in [2.24, 2.45) is 0 Å². The minimum Gasteiger partial charge on any atom is -0.507 e. The fraction of sp³-hybridized carbons (Fsp3) is 0.333. The number of halogens is 2. The number of likely N-dealkylation sites (N-methyl/N-ethyl adjacent to an activating group) is 1. The SMILES string of the molecule is [2H]C([2H])([2H])N1C(=O)[C@H]2CN[C@H](C)CN2c2c1c(=O)n(-c1c(C)ccnc1C(C)C)c1nc(-c3c(O)cccc3F)c(Cl)cc21. The van der Waals surface area contributed by atoms with Gasteiger partial charge in [0.1, 0.15) is 23.3 Å². The van der Waals surface area contributed by atoms with E-state index in [-0.39, 0.29) is 63.7 Å². The van der Waals surface area contributed by atoms with Crippen LogP contribution >= 0.6 is 11.6 Å². The second-order valence-corrected chi connectivity index (χ2v) is 11.2. The number of rotatable bonds is 3. The zero-order chi connectivity index (χ0) is 31.8. The van der Waals surface area contributed by atoms with Crippen molar-refractivity contribution < 1.29 is 18.4 Å². The number of phenolic OH excluding ortho intramolecular Hbond substituents is 1. The van der Waals surface area contributed by atoms with Gasteiger partial charge >= 0.3 is 0 Å². The maximum absolute atomic E-state index is 15.2. The van der Waals surface area contributed by atoms with E-state index in [2.05, 4.69) is 10.3 Å². The third kappa shape index (κ3) is 4.07. The molecule has 9 nitrogen and oxygen atoms in total. The summed E-state index contributed by atoms with van der Waals surface area (Å²) in [6.45, 7) is 4.93. The van der Waals surface area contributed by atoms with Gasteiger partial charge in [0.15, 0.2) is 5.65 Å². The molecule has 1 fully saturated rings. The Morgan fingerprint density at radius 1 is 1.22 bits per heavy atom. The first-order chi connectivity index (χ1) is 20.7. The summed E-state index contributed by atoms with van der Waals surface area (Å²) in [5.41, 5.74) is 0.250. The summed E-state index contributed by atoms with van der Waals surface area (Å²) in [5, 5.41) is 14.1. The third-order valence-electron chi connectivity index (χ3n) is 7.73. The van der Waals surface area contributed by atoms with Gasteiger partial charge < -0.3 is 20.2 Å². The van der Waals surface area contributed by atoms with Crippen molar-refractivity contribution in [3.05, 3.63) is 69.0 Å². The molecule has 0 unspecified atom stereocenters. The number of aromatic nitrogens is 3. The maximum Gasteiger partial charge on any atom is 0.283 e. The number of anilines is 2. The molecule has 0 radical (unpaired) electrons. The number of piperazine rings is 1. The lowest BCUT2D eigenvalue weighted by Gasteiger charge is -2.46. The number of nitrogens with zero attached hydrogens (tertiary/aromatic N) is 5. The van der Waals surface area contributed by atoms with Crippen molar-refractivity contribution in [3.63, 3.8) is 0 Å². The number of fused-ring (bicyclic) bond motifs is 5. The van der Waals surface area contributed by atoms with E-state index in [4.69, 9.17) is 20.7 Å². The molecule has 5 heterocycles. The molecular formula is C30H30ClFN6O3. The number of nitrogens with one attached hydrogen (secondary N) is 1. The normalized spacial score (nSPS) is 20.1. The molecule has 2 N–H and O–H groups in total. The number of hydrogen-bond acceptors (Lipinski definition) is 7. The summed E-state index contributed by atoms with van der Waals surface area (Å²) < 4.78 is 41.4. The Hall–Kier alpha value is -4.02. The largest absolute Gasteiger partial charge is 0.507 e. The number of aromatic hydroxyl groups is 1. The summed E-state index contributed by atoms with van der Waals surface area (Å²) in [4.78, 5) is 40.3. The Labute approximate surface area is 245 Å². The summed E-state index contributed by atoms with van der Waals surface area (Å²) in [7, 11) is 0. The summed E-state index contributed by atoms with van der Waals surface area (Å²) >= 11 is 6.77. The molecule has 2 atom stereocenters. The number of carbonyl (C=O) groups excluding carboxylic acids is 1. The van der Waals surface area contributed by atoms with E-state index in [1.807, 2.05) is 20.8 Å². The lowest BCUT2D eigenvalue weighted by atomic mass is 9.99. The van der Waals surface area contributed by atoms with Crippen molar-refractivity contribution in [2.45, 2.75) is 45.7 Å². The number of amides is 1. The Bertz CT molecular complexity index is 1890. The van der Waals surface area contributed by atoms with Crippen molar-refractivity contribution in [1.82, 2.24) is 19.9 Å². The topological polar surface area (TPSA) is 104 Å². The van der Waals surface area contributed by atoms with Crippen LogP contribution < -0.4 is 20.7 Å². The fourth-order valence-corrected chi connectivity index (χ4v) is 6.04. The molecule has 1 saturated heterocycles. The first-order valence-electron chi connectivity index (χ1n) is 14.8. The van der Waals surface area contributed by atoms with Gasteiger partial charge in [-0.15, -0.1) is 0 Å². The molecule has 3 aromatic heterocycles. The molecule has 212 valence electrons. The van der Waals surface area contributed by atoms with Crippen LogP contribution in [0.4, 0.5) is 15.8 Å². The molecule has 2 aliphatic heterocycles. The van der Waals surface area contributed by atoms with Crippen LogP contribution in [0, 0.1) is 12.7 Å². The van der Waals surface area contributed by atoms with Crippen LogP contribution in [0.25, 0.3) is 28.0 Å². The van der Waals surface area contributed by atoms with Gasteiger partial charge in [-0.05, 0) is 49.6 Å².